The van der Waals surface area contributed by atoms with Gasteiger partial charge in [-0.3, -0.25) is 0 Å². The maximum absolute atomic E-state index is 5.48. The van der Waals surface area contributed by atoms with E-state index in [4.69, 9.17) is 23.5 Å². The maximum Gasteiger partial charge on any atom is 0.177 e. The highest BCUT2D eigenvalue weighted by molar-refractivity contribution is 8.00. The molecule has 0 spiro atoms. The van der Waals surface area contributed by atoms with Gasteiger partial charge in [-0.1, -0.05) is 82.2 Å². The Balaban J connectivity index is 0.000000149. The summed E-state index contributed by atoms with van der Waals surface area (Å²) in [5.74, 6) is 8.22. The number of nitrogens with zero attached hydrogens (tertiary/aromatic N) is 5. The minimum atomic E-state index is 0. The van der Waals surface area contributed by atoms with Crippen molar-refractivity contribution in [3.8, 4) is 33.6 Å². The van der Waals surface area contributed by atoms with Crippen LogP contribution in [0, 0.1) is 55.4 Å². The lowest BCUT2D eigenvalue weighted by atomic mass is 10.0. The van der Waals surface area contributed by atoms with Crippen LogP contribution in [0.4, 0.5) is 23.0 Å². The van der Waals surface area contributed by atoms with Gasteiger partial charge in [-0.05, 0) is 181 Å². The molecule has 0 atom stereocenters. The van der Waals surface area contributed by atoms with E-state index in [1.807, 2.05) is 122 Å². The molecule has 13 heterocycles. The fourth-order valence-electron chi connectivity index (χ4n) is 9.24. The van der Waals surface area contributed by atoms with Gasteiger partial charge in [-0.25, -0.2) is 9.97 Å². The highest BCUT2D eigenvalue weighted by Crippen LogP contribution is 2.36. The molecule has 0 radical (unpaired) electrons. The van der Waals surface area contributed by atoms with Crippen molar-refractivity contribution in [2.45, 2.75) is 106 Å². The van der Waals surface area contributed by atoms with Gasteiger partial charge in [0, 0.05) is 77.0 Å². The van der Waals surface area contributed by atoms with Gasteiger partial charge in [0.25, 0.3) is 0 Å². The Morgan fingerprint density at radius 2 is 1.08 bits per heavy atom. The van der Waals surface area contributed by atoms with E-state index in [0.29, 0.717) is 13.2 Å². The molecule has 0 amide bonds. The molecule has 0 saturated heterocycles. The van der Waals surface area contributed by atoms with Crippen LogP contribution in [0.3, 0.4) is 0 Å². The fourth-order valence-corrected chi connectivity index (χ4v) is 13.6. The normalized spacial score (nSPS) is 13.7. The minimum Gasteiger partial charge on any atom is -0.493 e. The number of anilines is 4. The highest BCUT2D eigenvalue weighted by atomic mass is 32.2. The summed E-state index contributed by atoms with van der Waals surface area (Å²) in [5.41, 5.74) is 16.2. The van der Waals surface area contributed by atoms with Crippen molar-refractivity contribution in [1.29, 1.82) is 0 Å². The summed E-state index contributed by atoms with van der Waals surface area (Å²) in [4.78, 5) is 13.7. The Bertz CT molecular complexity index is 3740. The number of rotatable bonds is 1. The van der Waals surface area contributed by atoms with E-state index in [2.05, 4.69) is 167 Å². The number of fused-ring (bicyclic) bond motifs is 7. The lowest BCUT2D eigenvalue weighted by Gasteiger charge is -2.20. The van der Waals surface area contributed by atoms with Gasteiger partial charge in [-0.15, -0.1) is 57.5 Å². The first kappa shape index (κ1) is 71.1. The predicted octanol–water partition coefficient (Wildman–Crippen LogP) is 20.2. The third-order valence-corrected chi connectivity index (χ3v) is 18.8. The first-order valence-electron chi connectivity index (χ1n) is 29.5. The summed E-state index contributed by atoms with van der Waals surface area (Å²) in [6.45, 7) is 34.3. The molecule has 0 fully saturated rings. The molecule has 16 rings (SSSR count). The largest absolute Gasteiger partial charge is 0.493 e. The van der Waals surface area contributed by atoms with E-state index in [1.54, 1.807) is 23.1 Å². The van der Waals surface area contributed by atoms with E-state index in [1.165, 1.54) is 58.4 Å². The van der Waals surface area contributed by atoms with Crippen molar-refractivity contribution >= 4 is 89.9 Å². The molecule has 482 valence electrons. The van der Waals surface area contributed by atoms with E-state index in [9.17, 15) is 0 Å². The molecule has 92 heavy (non-hydrogen) atoms. The lowest BCUT2D eigenvalue weighted by molar-refractivity contribution is 0.283. The Morgan fingerprint density at radius 3 is 1.80 bits per heavy atom. The molecule has 7 aromatic heterocycles. The number of nitrogens with one attached hydrogen (secondary N) is 4. The van der Waals surface area contributed by atoms with Crippen molar-refractivity contribution in [2.75, 3.05) is 59.2 Å². The Kier molecular flexibility index (Phi) is 27.0. The number of thiophene rings is 3. The predicted molar refractivity (Wildman–Crippen MR) is 392 cm³/mol. The summed E-state index contributed by atoms with van der Waals surface area (Å²) in [7, 11) is 0. The summed E-state index contributed by atoms with van der Waals surface area (Å²) in [6.07, 6.45) is 4.40. The van der Waals surface area contributed by atoms with E-state index in [0.717, 1.165) is 146 Å². The fraction of sp³-hybridized carbons (Fsp3) is 0.274. The van der Waals surface area contributed by atoms with Gasteiger partial charge in [-0.2, -0.15) is 10.2 Å². The van der Waals surface area contributed by atoms with E-state index < -0.39 is 0 Å². The summed E-state index contributed by atoms with van der Waals surface area (Å²) >= 11 is 8.97. The van der Waals surface area contributed by atoms with Crippen LogP contribution in [0.25, 0.3) is 20.0 Å². The Hall–Kier alpha value is -8.33. The summed E-state index contributed by atoms with van der Waals surface area (Å²) in [6, 6.07) is 39.2. The molecule has 0 saturated carbocycles. The van der Waals surface area contributed by atoms with Gasteiger partial charge in [0.1, 0.15) is 42.0 Å². The van der Waals surface area contributed by atoms with Gasteiger partial charge < -0.3 is 44.7 Å². The van der Waals surface area contributed by atoms with Gasteiger partial charge in [0.05, 0.1) is 45.7 Å². The van der Waals surface area contributed by atoms with Gasteiger partial charge in [0.15, 0.2) is 17.3 Å². The summed E-state index contributed by atoms with van der Waals surface area (Å²) in [5, 5.41) is 28.7. The molecule has 6 aliphatic heterocycles. The second-order valence-electron chi connectivity index (χ2n) is 21.8. The molecule has 10 aromatic rings. The van der Waals surface area contributed by atoms with Crippen LogP contribution in [0.5, 0.6) is 23.0 Å². The van der Waals surface area contributed by atoms with Crippen LogP contribution in [0.2, 0.25) is 0 Å². The molecule has 0 aliphatic carbocycles. The second-order valence-corrected chi connectivity index (χ2v) is 27.0. The smallest absolute Gasteiger partial charge is 0.177 e. The minimum absolute atomic E-state index is 0. The molecular weight excluding hydrogens is 1240 g/mol. The molecule has 0 unspecified atom stereocenters. The van der Waals surface area contributed by atoms with E-state index in [-0.39, 0.29) is 14.9 Å². The van der Waals surface area contributed by atoms with Crippen LogP contribution in [-0.4, -0.2) is 63.3 Å². The van der Waals surface area contributed by atoms with Crippen molar-refractivity contribution in [1.82, 2.24) is 25.3 Å². The van der Waals surface area contributed by atoms with Crippen molar-refractivity contribution in [3.63, 3.8) is 0 Å². The number of ether oxygens (including phenoxy) is 4. The molecular formula is C73H85N9O5S5. The number of hydrogen-bond donors (Lipinski definition) is 4. The number of aryl methyl sites for hydroxylation is 10. The van der Waals surface area contributed by atoms with Crippen molar-refractivity contribution < 1.29 is 23.5 Å². The average Bonchev–Trinajstić information content (AvgIpc) is 1.60. The second kappa shape index (κ2) is 34.9. The van der Waals surface area contributed by atoms with Gasteiger partial charge >= 0.3 is 0 Å². The quantitative estimate of drug-likeness (QED) is 0.123. The number of thioether (sulfide) groups is 2. The van der Waals surface area contributed by atoms with E-state index >= 15 is 0 Å². The number of hydrogen-bond acceptors (Lipinski definition) is 19. The molecule has 4 N–H and O–H groups in total. The third kappa shape index (κ3) is 21.4. The van der Waals surface area contributed by atoms with Crippen LogP contribution in [0.1, 0.15) is 83.3 Å². The van der Waals surface area contributed by atoms with Crippen molar-refractivity contribution in [2.24, 2.45) is 0 Å². The standard InChI is InChI=1S/C10H11NO.C10H11NS.C10H12O.C9H10N2O.C9H10N2S.C8H10N2O.C8H7NOS.C7H6S2.2CH4/c2*1-7-3-4-10-9(5-7)11-8(2)6-12-10;1-8-4-5-10-9(7-8)3-2-6-11-10;2*1-6-3-4-8-9(10-6)11-7(2)5-12-8;1-6-5-8-7(10-9-6)3-2-4-11-8;1-6-5-7(10-9-6)8-3-2-4-11-8;1-5-4-7-6(9-5)2-3-8-7;;/h2*3-5,11H,2,6H2,1H3;4-5,7H,2-3,6H2,1H3;2*3-4H,2,5H2,1H3,(H,10,11);5H,2-4H2,1H3;2-5H,1H3;2-4H,1H3;2*1H4. The molecule has 0 bridgehead atoms. The highest BCUT2D eigenvalue weighted by Gasteiger charge is 2.16. The number of aromatic nitrogens is 5. The van der Waals surface area contributed by atoms with Gasteiger partial charge in [0.2, 0.25) is 0 Å². The number of pyridine rings is 2. The zero-order chi connectivity index (χ0) is 63.5. The lowest BCUT2D eigenvalue weighted by Crippen LogP contribution is -2.16. The van der Waals surface area contributed by atoms with Crippen LogP contribution in [-0.2, 0) is 12.8 Å². The van der Waals surface area contributed by atoms with Crippen LogP contribution in [0.15, 0.2) is 189 Å². The third-order valence-electron chi connectivity index (χ3n) is 13.6. The van der Waals surface area contributed by atoms with Crippen molar-refractivity contribution in [3.05, 3.63) is 231 Å². The Labute approximate surface area is 564 Å². The average molecular weight is 1330 g/mol. The zero-order valence-electron chi connectivity index (χ0n) is 52.3. The molecule has 3 aromatic carbocycles. The topological polar surface area (TPSA) is 163 Å². The van der Waals surface area contributed by atoms with Crippen LogP contribution < -0.4 is 40.2 Å². The number of benzene rings is 3. The van der Waals surface area contributed by atoms with Crippen LogP contribution >= 0.6 is 57.5 Å². The SMILES string of the molecule is C.C.C=C1COc2ccc(C)cc2N1.C=C1COc2ccc(C)nc2N1.C=C1CSc2ccc(C)cc2N1.C=C1CSc2ccc(C)nc2N1.Cc1cc(-c2cccs2)on1.Cc1cc2c(nn1)CCCO2.Cc1cc2sccc2s1.Cc1ccc2c(c1)CCCO2. The monoisotopic (exact) mass is 1330 g/mol. The maximum atomic E-state index is 5.48. The first-order chi connectivity index (χ1) is 43.5. The molecule has 14 nitrogen and oxygen atoms in total. The Morgan fingerprint density at radius 1 is 0.467 bits per heavy atom. The molecule has 6 aliphatic rings. The summed E-state index contributed by atoms with van der Waals surface area (Å²) < 4.78 is 29.6. The zero-order valence-corrected chi connectivity index (χ0v) is 56.4. The molecule has 19 heteroatoms. The first-order valence-corrected chi connectivity index (χ1v) is 34.1.